The van der Waals surface area contributed by atoms with Crippen LogP contribution >= 0.6 is 34.4 Å². The van der Waals surface area contributed by atoms with Gasteiger partial charge in [0.05, 0.1) is 0 Å². The van der Waals surface area contributed by atoms with E-state index in [2.05, 4.69) is 27.6 Å². The summed E-state index contributed by atoms with van der Waals surface area (Å²) in [6.45, 7) is 5.17. The predicted molar refractivity (Wildman–Crippen MR) is 77.3 cm³/mol. The number of anilines is 1. The Kier molecular flexibility index (Phi) is 4.82. The number of thiazole rings is 2. The van der Waals surface area contributed by atoms with Gasteiger partial charge in [-0.05, 0) is 13.3 Å². The third-order valence-corrected chi connectivity index (χ3v) is 5.34. The number of aromatic nitrogens is 2. The molecule has 2 heterocycles. The van der Waals surface area contributed by atoms with Gasteiger partial charge in [-0.25, -0.2) is 9.97 Å². The standard InChI is InChI=1S/C11H15N3S3/c1-3-4-12-10-13-5-9(17-10)7-16-11-14-8(2)6-15-11/h5-6H,3-4,7H2,1-2H3,(H,12,13). The van der Waals surface area contributed by atoms with Gasteiger partial charge in [-0.2, -0.15) is 0 Å². The number of thioether (sulfide) groups is 1. The average Bonchev–Trinajstić information content (AvgIpc) is 2.93. The molecule has 0 unspecified atom stereocenters. The highest BCUT2D eigenvalue weighted by Crippen LogP contribution is 2.29. The summed E-state index contributed by atoms with van der Waals surface area (Å²) in [6, 6.07) is 0. The Hall–Kier alpha value is -0.590. The molecule has 2 aromatic rings. The van der Waals surface area contributed by atoms with Gasteiger partial charge >= 0.3 is 0 Å². The highest BCUT2D eigenvalue weighted by atomic mass is 32.2. The van der Waals surface area contributed by atoms with E-state index in [9.17, 15) is 0 Å². The fourth-order valence-corrected chi connectivity index (χ4v) is 3.93. The third-order valence-electron chi connectivity index (χ3n) is 2.02. The first kappa shape index (κ1) is 12.9. The normalized spacial score (nSPS) is 10.7. The SMILES string of the molecule is CCCNc1ncc(CSc2nc(C)cs2)s1. The fraction of sp³-hybridized carbons (Fsp3) is 0.455. The Bertz CT molecular complexity index is 464. The van der Waals surface area contributed by atoms with Crippen LogP contribution in [0.25, 0.3) is 0 Å². The van der Waals surface area contributed by atoms with Crippen molar-refractivity contribution >= 4 is 39.6 Å². The van der Waals surface area contributed by atoms with Gasteiger partial charge in [0.2, 0.25) is 0 Å². The van der Waals surface area contributed by atoms with Gasteiger partial charge in [-0.3, -0.25) is 0 Å². The number of nitrogens with zero attached hydrogens (tertiary/aromatic N) is 2. The van der Waals surface area contributed by atoms with E-state index in [0.717, 1.165) is 33.9 Å². The fourth-order valence-electron chi connectivity index (χ4n) is 1.22. The number of rotatable bonds is 6. The average molecular weight is 285 g/mol. The molecule has 0 aliphatic rings. The lowest BCUT2D eigenvalue weighted by atomic mass is 10.5. The molecule has 0 saturated carbocycles. The van der Waals surface area contributed by atoms with Crippen molar-refractivity contribution in [2.45, 2.75) is 30.4 Å². The summed E-state index contributed by atoms with van der Waals surface area (Å²) in [7, 11) is 0. The predicted octanol–water partition coefficient (Wildman–Crippen LogP) is 4.02. The van der Waals surface area contributed by atoms with Gasteiger partial charge in [-0.1, -0.05) is 18.7 Å². The van der Waals surface area contributed by atoms with E-state index in [1.165, 1.54) is 4.88 Å². The molecule has 92 valence electrons. The van der Waals surface area contributed by atoms with Crippen LogP contribution < -0.4 is 5.32 Å². The van der Waals surface area contributed by atoms with E-state index >= 15 is 0 Å². The molecule has 1 N–H and O–H groups in total. The molecule has 0 amide bonds. The molecule has 0 aromatic carbocycles. The van der Waals surface area contributed by atoms with E-state index < -0.39 is 0 Å². The maximum absolute atomic E-state index is 4.43. The lowest BCUT2D eigenvalue weighted by Gasteiger charge is -1.97. The summed E-state index contributed by atoms with van der Waals surface area (Å²) in [5, 5.41) is 6.41. The van der Waals surface area contributed by atoms with E-state index in [-0.39, 0.29) is 0 Å². The van der Waals surface area contributed by atoms with Gasteiger partial charge < -0.3 is 5.32 Å². The minimum atomic E-state index is 0.957. The molecule has 0 aliphatic carbocycles. The van der Waals surface area contributed by atoms with Crippen molar-refractivity contribution in [3.05, 3.63) is 22.1 Å². The van der Waals surface area contributed by atoms with Crippen LogP contribution in [0, 0.1) is 6.92 Å². The Balaban J connectivity index is 1.84. The van der Waals surface area contributed by atoms with Crippen molar-refractivity contribution in [3.8, 4) is 0 Å². The zero-order valence-corrected chi connectivity index (χ0v) is 12.3. The second kappa shape index (κ2) is 6.37. The summed E-state index contributed by atoms with van der Waals surface area (Å²) >= 11 is 5.22. The number of aryl methyl sites for hydroxylation is 1. The van der Waals surface area contributed by atoms with Gasteiger partial charge in [0.1, 0.15) is 4.34 Å². The van der Waals surface area contributed by atoms with Gasteiger partial charge in [-0.15, -0.1) is 22.7 Å². The van der Waals surface area contributed by atoms with E-state index in [1.54, 1.807) is 34.4 Å². The summed E-state index contributed by atoms with van der Waals surface area (Å²) < 4.78 is 1.14. The van der Waals surface area contributed by atoms with Crippen LogP contribution in [0.5, 0.6) is 0 Å². The highest BCUT2D eigenvalue weighted by molar-refractivity contribution is 8.00. The zero-order chi connectivity index (χ0) is 12.1. The largest absolute Gasteiger partial charge is 0.362 e. The first-order valence-electron chi connectivity index (χ1n) is 5.51. The van der Waals surface area contributed by atoms with Crippen LogP contribution in [0.3, 0.4) is 0 Å². The summed E-state index contributed by atoms with van der Waals surface area (Å²) in [4.78, 5) is 10.1. The molecule has 0 fully saturated rings. The first-order valence-corrected chi connectivity index (χ1v) is 8.19. The first-order chi connectivity index (χ1) is 8.28. The number of hydrogen-bond acceptors (Lipinski definition) is 6. The smallest absolute Gasteiger partial charge is 0.182 e. The molecule has 0 radical (unpaired) electrons. The van der Waals surface area contributed by atoms with Crippen molar-refractivity contribution in [2.24, 2.45) is 0 Å². The molecule has 0 atom stereocenters. The maximum atomic E-state index is 4.43. The summed E-state index contributed by atoms with van der Waals surface area (Å²) in [5.41, 5.74) is 1.10. The van der Waals surface area contributed by atoms with Crippen molar-refractivity contribution < 1.29 is 0 Å². The topological polar surface area (TPSA) is 37.8 Å². The molecular weight excluding hydrogens is 270 g/mol. The van der Waals surface area contributed by atoms with Crippen LogP contribution in [0.2, 0.25) is 0 Å². The maximum Gasteiger partial charge on any atom is 0.182 e. The molecule has 2 aromatic heterocycles. The molecule has 0 spiro atoms. The van der Waals surface area contributed by atoms with E-state index in [1.807, 2.05) is 13.1 Å². The quantitative estimate of drug-likeness (QED) is 0.813. The van der Waals surface area contributed by atoms with E-state index in [0.29, 0.717) is 0 Å². The second-order valence-electron chi connectivity index (χ2n) is 3.60. The second-order valence-corrected chi connectivity index (χ2v) is 6.80. The van der Waals surface area contributed by atoms with Crippen LogP contribution in [0.4, 0.5) is 5.13 Å². The lowest BCUT2D eigenvalue weighted by Crippen LogP contribution is -1.97. The Morgan fingerprint density at radius 2 is 2.35 bits per heavy atom. The van der Waals surface area contributed by atoms with Crippen molar-refractivity contribution in [1.29, 1.82) is 0 Å². The third kappa shape index (κ3) is 3.97. The summed E-state index contributed by atoms with van der Waals surface area (Å²) in [5.74, 6) is 0.957. The Labute approximate surface area is 114 Å². The van der Waals surface area contributed by atoms with Crippen molar-refractivity contribution in [1.82, 2.24) is 9.97 Å². The zero-order valence-electron chi connectivity index (χ0n) is 9.90. The van der Waals surface area contributed by atoms with Crippen LogP contribution in [-0.2, 0) is 5.75 Å². The minimum Gasteiger partial charge on any atom is -0.362 e. The van der Waals surface area contributed by atoms with E-state index in [4.69, 9.17) is 0 Å². The van der Waals surface area contributed by atoms with Crippen LogP contribution in [0.1, 0.15) is 23.9 Å². The number of nitrogens with one attached hydrogen (secondary N) is 1. The highest BCUT2D eigenvalue weighted by Gasteiger charge is 2.04. The Morgan fingerprint density at radius 1 is 1.47 bits per heavy atom. The molecule has 0 bridgehead atoms. The minimum absolute atomic E-state index is 0.957. The molecule has 0 aliphatic heterocycles. The van der Waals surface area contributed by atoms with Crippen molar-refractivity contribution in [2.75, 3.05) is 11.9 Å². The molecular formula is C11H15N3S3. The van der Waals surface area contributed by atoms with Crippen molar-refractivity contribution in [3.63, 3.8) is 0 Å². The molecule has 6 heteroatoms. The van der Waals surface area contributed by atoms with Gasteiger partial charge in [0, 0.05) is 34.4 Å². The van der Waals surface area contributed by atoms with Gasteiger partial charge in [0.25, 0.3) is 0 Å². The molecule has 2 rings (SSSR count). The Morgan fingerprint density at radius 3 is 3.06 bits per heavy atom. The molecule has 0 saturated heterocycles. The molecule has 17 heavy (non-hydrogen) atoms. The molecule has 3 nitrogen and oxygen atoms in total. The monoisotopic (exact) mass is 285 g/mol. The summed E-state index contributed by atoms with van der Waals surface area (Å²) in [6.07, 6.45) is 3.08. The van der Waals surface area contributed by atoms with Crippen LogP contribution in [0.15, 0.2) is 15.9 Å². The van der Waals surface area contributed by atoms with Gasteiger partial charge in [0.15, 0.2) is 5.13 Å². The lowest BCUT2D eigenvalue weighted by molar-refractivity contribution is 0.976. The number of hydrogen-bond donors (Lipinski definition) is 1. The van der Waals surface area contributed by atoms with Crippen LogP contribution in [-0.4, -0.2) is 16.5 Å².